The molecule has 0 fully saturated rings. The van der Waals surface area contributed by atoms with E-state index in [1.807, 2.05) is 18.2 Å². The molecule has 1 N–H and O–H groups in total. The predicted octanol–water partition coefficient (Wildman–Crippen LogP) is 4.67. The number of para-hydroxylation sites is 1. The van der Waals surface area contributed by atoms with Crippen LogP contribution in [0.2, 0.25) is 5.02 Å². The van der Waals surface area contributed by atoms with Gasteiger partial charge in [0.15, 0.2) is 0 Å². The Labute approximate surface area is 120 Å². The Morgan fingerprint density at radius 2 is 1.94 bits per heavy atom. The summed E-state index contributed by atoms with van der Waals surface area (Å²) in [7, 11) is 0. The first-order valence-corrected chi connectivity index (χ1v) is 6.98. The van der Waals surface area contributed by atoms with Crippen molar-refractivity contribution in [2.24, 2.45) is 0 Å². The number of benzene rings is 2. The summed E-state index contributed by atoms with van der Waals surface area (Å²) in [6.07, 6.45) is 0. The molecule has 3 rings (SSSR count). The second kappa shape index (κ2) is 4.82. The summed E-state index contributed by atoms with van der Waals surface area (Å²) in [6.45, 7) is 1.83. The van der Waals surface area contributed by atoms with Crippen LogP contribution in [-0.2, 0) is 0 Å². The average Bonchev–Trinajstić information content (AvgIpc) is 2.38. The number of fused-ring (bicyclic) bond motifs is 1. The maximum atomic E-state index is 6.28. The van der Waals surface area contributed by atoms with E-state index in [1.165, 1.54) is 0 Å². The van der Waals surface area contributed by atoms with E-state index in [2.05, 4.69) is 50.4 Å². The smallest absolute Gasteiger partial charge is 0.0648 e. The van der Waals surface area contributed by atoms with Crippen molar-refractivity contribution >= 4 is 44.6 Å². The van der Waals surface area contributed by atoms with Crippen molar-refractivity contribution in [1.29, 1.82) is 0 Å². The summed E-state index contributed by atoms with van der Waals surface area (Å²) >= 11 is 9.78. The molecule has 2 nitrogen and oxygen atoms in total. The van der Waals surface area contributed by atoms with Gasteiger partial charge < -0.3 is 10.2 Å². The third-order valence-electron chi connectivity index (χ3n) is 3.04. The molecule has 0 saturated carbocycles. The van der Waals surface area contributed by atoms with Crippen LogP contribution in [-0.4, -0.2) is 13.1 Å². The van der Waals surface area contributed by atoms with E-state index in [0.29, 0.717) is 0 Å². The van der Waals surface area contributed by atoms with Gasteiger partial charge >= 0.3 is 0 Å². The lowest BCUT2D eigenvalue weighted by molar-refractivity contribution is 0.926. The third kappa shape index (κ3) is 2.08. The summed E-state index contributed by atoms with van der Waals surface area (Å²) in [5, 5.41) is 4.19. The van der Waals surface area contributed by atoms with E-state index in [9.17, 15) is 0 Å². The van der Waals surface area contributed by atoms with Gasteiger partial charge in [-0.15, -0.1) is 0 Å². The number of halogens is 2. The fourth-order valence-electron chi connectivity index (χ4n) is 2.23. The Bertz CT molecular complexity index is 586. The molecule has 4 heteroatoms. The second-order valence-corrected chi connectivity index (χ2v) is 5.51. The SMILES string of the molecule is Clc1ccccc1N1CCNc2cc(Br)ccc21. The zero-order chi connectivity index (χ0) is 12.5. The molecule has 0 amide bonds. The van der Waals surface area contributed by atoms with E-state index in [-0.39, 0.29) is 0 Å². The van der Waals surface area contributed by atoms with Crippen molar-refractivity contribution in [2.75, 3.05) is 23.3 Å². The molecule has 2 aromatic rings. The summed E-state index contributed by atoms with van der Waals surface area (Å²) in [4.78, 5) is 2.25. The molecule has 1 heterocycles. The lowest BCUT2D eigenvalue weighted by Gasteiger charge is -2.32. The van der Waals surface area contributed by atoms with Gasteiger partial charge in [0.2, 0.25) is 0 Å². The highest BCUT2D eigenvalue weighted by Gasteiger charge is 2.19. The van der Waals surface area contributed by atoms with Gasteiger partial charge in [-0.1, -0.05) is 39.7 Å². The van der Waals surface area contributed by atoms with Gasteiger partial charge in [0.25, 0.3) is 0 Å². The third-order valence-corrected chi connectivity index (χ3v) is 3.86. The quantitative estimate of drug-likeness (QED) is 0.820. The fraction of sp³-hybridized carbons (Fsp3) is 0.143. The molecule has 0 atom stereocenters. The van der Waals surface area contributed by atoms with Crippen LogP contribution in [0.4, 0.5) is 17.1 Å². The number of nitrogens with zero attached hydrogens (tertiary/aromatic N) is 1. The van der Waals surface area contributed by atoms with E-state index in [0.717, 1.165) is 39.6 Å². The lowest BCUT2D eigenvalue weighted by atomic mass is 10.1. The second-order valence-electron chi connectivity index (χ2n) is 4.19. The van der Waals surface area contributed by atoms with Crippen molar-refractivity contribution in [3.05, 3.63) is 52.0 Å². The largest absolute Gasteiger partial charge is 0.382 e. The molecule has 0 saturated heterocycles. The number of nitrogens with one attached hydrogen (secondary N) is 1. The standard InChI is InChI=1S/C14H12BrClN2/c15-10-5-6-14-12(9-10)17-7-8-18(14)13-4-2-1-3-11(13)16/h1-6,9,17H,7-8H2. The van der Waals surface area contributed by atoms with Crippen LogP contribution in [0.5, 0.6) is 0 Å². The van der Waals surface area contributed by atoms with Crippen LogP contribution in [0.1, 0.15) is 0 Å². The van der Waals surface area contributed by atoms with Crippen molar-refractivity contribution in [1.82, 2.24) is 0 Å². The first-order chi connectivity index (χ1) is 8.75. The highest BCUT2D eigenvalue weighted by atomic mass is 79.9. The topological polar surface area (TPSA) is 15.3 Å². The molecule has 18 heavy (non-hydrogen) atoms. The van der Waals surface area contributed by atoms with Crippen LogP contribution in [0.25, 0.3) is 0 Å². The van der Waals surface area contributed by atoms with Crippen LogP contribution in [0.15, 0.2) is 46.9 Å². The van der Waals surface area contributed by atoms with Gasteiger partial charge in [-0.25, -0.2) is 0 Å². The number of hydrogen-bond acceptors (Lipinski definition) is 2. The normalized spacial score (nSPS) is 14.0. The van der Waals surface area contributed by atoms with Crippen molar-refractivity contribution < 1.29 is 0 Å². The highest BCUT2D eigenvalue weighted by Crippen LogP contribution is 2.38. The predicted molar refractivity (Wildman–Crippen MR) is 81.1 cm³/mol. The maximum absolute atomic E-state index is 6.28. The minimum Gasteiger partial charge on any atom is -0.382 e. The molecule has 0 aromatic heterocycles. The Morgan fingerprint density at radius 3 is 2.78 bits per heavy atom. The van der Waals surface area contributed by atoms with E-state index in [1.54, 1.807) is 0 Å². The Kier molecular flexibility index (Phi) is 3.18. The number of anilines is 3. The minimum absolute atomic E-state index is 0.785. The van der Waals surface area contributed by atoms with Crippen LogP contribution in [0, 0.1) is 0 Å². The van der Waals surface area contributed by atoms with E-state index in [4.69, 9.17) is 11.6 Å². The monoisotopic (exact) mass is 322 g/mol. The number of hydrogen-bond donors (Lipinski definition) is 1. The first-order valence-electron chi connectivity index (χ1n) is 5.81. The Morgan fingerprint density at radius 1 is 1.11 bits per heavy atom. The van der Waals surface area contributed by atoms with E-state index >= 15 is 0 Å². The molecule has 0 bridgehead atoms. The molecular formula is C14H12BrClN2. The minimum atomic E-state index is 0.785. The lowest BCUT2D eigenvalue weighted by Crippen LogP contribution is -2.30. The first kappa shape index (κ1) is 11.9. The molecule has 0 radical (unpaired) electrons. The van der Waals surface area contributed by atoms with Gasteiger partial charge in [-0.05, 0) is 30.3 Å². The van der Waals surface area contributed by atoms with Gasteiger partial charge in [-0.3, -0.25) is 0 Å². The molecule has 1 aliphatic heterocycles. The van der Waals surface area contributed by atoms with Crippen molar-refractivity contribution in [3.63, 3.8) is 0 Å². The summed E-state index contributed by atoms with van der Waals surface area (Å²) < 4.78 is 1.08. The molecule has 92 valence electrons. The highest BCUT2D eigenvalue weighted by molar-refractivity contribution is 9.10. The molecule has 0 spiro atoms. The molecule has 2 aromatic carbocycles. The van der Waals surface area contributed by atoms with Crippen LogP contribution < -0.4 is 10.2 Å². The summed E-state index contributed by atoms with van der Waals surface area (Å²) in [5.74, 6) is 0. The molecule has 0 aliphatic carbocycles. The Hall–Kier alpha value is -1.19. The summed E-state index contributed by atoms with van der Waals surface area (Å²) in [5.41, 5.74) is 3.36. The zero-order valence-electron chi connectivity index (χ0n) is 9.66. The van der Waals surface area contributed by atoms with Gasteiger partial charge in [-0.2, -0.15) is 0 Å². The maximum Gasteiger partial charge on any atom is 0.0648 e. The summed E-state index contributed by atoms with van der Waals surface area (Å²) in [6, 6.07) is 14.2. The zero-order valence-corrected chi connectivity index (χ0v) is 12.0. The van der Waals surface area contributed by atoms with Gasteiger partial charge in [0.05, 0.1) is 22.1 Å². The van der Waals surface area contributed by atoms with E-state index < -0.39 is 0 Å². The van der Waals surface area contributed by atoms with Gasteiger partial charge in [0.1, 0.15) is 0 Å². The Balaban J connectivity index is 2.09. The number of rotatable bonds is 1. The van der Waals surface area contributed by atoms with Crippen LogP contribution >= 0.6 is 27.5 Å². The van der Waals surface area contributed by atoms with Gasteiger partial charge in [0, 0.05) is 17.6 Å². The molecule has 1 aliphatic rings. The van der Waals surface area contributed by atoms with Crippen molar-refractivity contribution in [2.45, 2.75) is 0 Å². The van der Waals surface area contributed by atoms with Crippen molar-refractivity contribution in [3.8, 4) is 0 Å². The average molecular weight is 324 g/mol. The fourth-order valence-corrected chi connectivity index (χ4v) is 2.83. The molecular weight excluding hydrogens is 312 g/mol. The molecule has 0 unspecified atom stereocenters. The van der Waals surface area contributed by atoms with Crippen LogP contribution in [0.3, 0.4) is 0 Å².